The van der Waals surface area contributed by atoms with Crippen LogP contribution in [0.1, 0.15) is 23.4 Å². The van der Waals surface area contributed by atoms with Crippen LogP contribution in [0.15, 0.2) is 18.2 Å². The van der Waals surface area contributed by atoms with Crippen molar-refractivity contribution < 1.29 is 4.92 Å². The number of nitro benzene ring substituents is 1. The fourth-order valence-corrected chi connectivity index (χ4v) is 3.17. The van der Waals surface area contributed by atoms with Crippen molar-refractivity contribution in [2.75, 3.05) is 6.54 Å². The van der Waals surface area contributed by atoms with E-state index < -0.39 is 0 Å². The van der Waals surface area contributed by atoms with Crippen LogP contribution in [0, 0.1) is 17.0 Å². The molecule has 1 heterocycles. The van der Waals surface area contributed by atoms with Gasteiger partial charge in [-0.3, -0.25) is 10.1 Å². The van der Waals surface area contributed by atoms with Gasteiger partial charge in [0.1, 0.15) is 5.01 Å². The van der Waals surface area contributed by atoms with Crippen molar-refractivity contribution in [3.63, 3.8) is 0 Å². The van der Waals surface area contributed by atoms with E-state index in [0.29, 0.717) is 16.6 Å². The molecule has 3 rings (SSSR count). The summed E-state index contributed by atoms with van der Waals surface area (Å²) in [5, 5.41) is 24.4. The summed E-state index contributed by atoms with van der Waals surface area (Å²) in [7, 11) is 0. The first-order valence-electron chi connectivity index (χ1n) is 6.95. The standard InChI is InChI=1S/C14H16N4O2S/c1-9-3-2-4-11(18(19)20)13(9)14-17-16-12(21-14)7-8-15-10-5-6-10/h2-4,10,15H,5-8H2,1H3. The number of aryl methyl sites for hydroxylation is 1. The lowest BCUT2D eigenvalue weighted by Crippen LogP contribution is -2.19. The fraction of sp³-hybridized carbons (Fsp3) is 0.429. The molecule has 2 aromatic rings. The van der Waals surface area contributed by atoms with Crippen LogP contribution in [0.3, 0.4) is 0 Å². The van der Waals surface area contributed by atoms with Crippen LogP contribution in [0.4, 0.5) is 5.69 Å². The summed E-state index contributed by atoms with van der Waals surface area (Å²) in [6, 6.07) is 5.74. The maximum Gasteiger partial charge on any atom is 0.279 e. The van der Waals surface area contributed by atoms with Crippen LogP contribution >= 0.6 is 11.3 Å². The minimum Gasteiger partial charge on any atom is -0.314 e. The normalized spacial score (nSPS) is 14.3. The predicted octanol–water partition coefficient (Wildman–Crippen LogP) is 2.72. The molecule has 1 aromatic carbocycles. The molecular formula is C14H16N4O2S. The van der Waals surface area contributed by atoms with Crippen LogP contribution in [0.5, 0.6) is 0 Å². The van der Waals surface area contributed by atoms with E-state index in [4.69, 9.17) is 0 Å². The molecule has 0 spiro atoms. The third-order valence-corrected chi connectivity index (χ3v) is 4.48. The molecule has 0 bridgehead atoms. The molecule has 0 aliphatic heterocycles. The van der Waals surface area contributed by atoms with Crippen molar-refractivity contribution in [1.29, 1.82) is 0 Å². The first kappa shape index (κ1) is 14.1. The van der Waals surface area contributed by atoms with Gasteiger partial charge in [-0.2, -0.15) is 0 Å². The number of rotatable bonds is 6. The van der Waals surface area contributed by atoms with E-state index >= 15 is 0 Å². The molecule has 1 N–H and O–H groups in total. The van der Waals surface area contributed by atoms with E-state index in [1.165, 1.54) is 30.2 Å². The Labute approximate surface area is 126 Å². The van der Waals surface area contributed by atoms with Crippen molar-refractivity contribution in [2.24, 2.45) is 0 Å². The van der Waals surface area contributed by atoms with E-state index in [2.05, 4.69) is 15.5 Å². The summed E-state index contributed by atoms with van der Waals surface area (Å²) >= 11 is 1.44. The average Bonchev–Trinajstić information content (AvgIpc) is 3.16. The summed E-state index contributed by atoms with van der Waals surface area (Å²) in [6.45, 7) is 2.74. The molecule has 1 aliphatic carbocycles. The Balaban J connectivity index is 1.80. The summed E-state index contributed by atoms with van der Waals surface area (Å²) in [4.78, 5) is 10.8. The van der Waals surface area contributed by atoms with Crippen molar-refractivity contribution in [1.82, 2.24) is 15.5 Å². The van der Waals surface area contributed by atoms with Crippen molar-refractivity contribution >= 4 is 17.0 Å². The number of hydrogen-bond acceptors (Lipinski definition) is 6. The molecule has 0 unspecified atom stereocenters. The molecule has 1 aliphatic rings. The van der Waals surface area contributed by atoms with Gasteiger partial charge in [-0.25, -0.2) is 0 Å². The second-order valence-electron chi connectivity index (χ2n) is 5.21. The molecule has 0 amide bonds. The Morgan fingerprint density at radius 3 is 2.95 bits per heavy atom. The first-order valence-corrected chi connectivity index (χ1v) is 7.77. The van der Waals surface area contributed by atoms with Gasteiger partial charge in [0, 0.05) is 25.1 Å². The van der Waals surface area contributed by atoms with Gasteiger partial charge >= 0.3 is 0 Å². The Morgan fingerprint density at radius 2 is 2.24 bits per heavy atom. The van der Waals surface area contributed by atoms with E-state index in [1.54, 1.807) is 6.07 Å². The first-order chi connectivity index (χ1) is 10.1. The third kappa shape index (κ3) is 3.25. The van der Waals surface area contributed by atoms with Crippen molar-refractivity contribution in [3.05, 3.63) is 38.9 Å². The summed E-state index contributed by atoms with van der Waals surface area (Å²) in [5.74, 6) is 0. The van der Waals surface area contributed by atoms with Crippen LogP contribution in [-0.2, 0) is 6.42 Å². The molecule has 1 fully saturated rings. The van der Waals surface area contributed by atoms with Crippen LogP contribution in [0.2, 0.25) is 0 Å². The van der Waals surface area contributed by atoms with Crippen LogP contribution < -0.4 is 5.32 Å². The lowest BCUT2D eigenvalue weighted by atomic mass is 10.1. The highest BCUT2D eigenvalue weighted by Gasteiger charge is 2.22. The molecule has 0 saturated heterocycles. The average molecular weight is 304 g/mol. The topological polar surface area (TPSA) is 81.0 Å². The smallest absolute Gasteiger partial charge is 0.279 e. The van der Waals surface area contributed by atoms with Gasteiger partial charge in [0.25, 0.3) is 5.69 Å². The van der Waals surface area contributed by atoms with Crippen molar-refractivity contribution in [3.8, 4) is 10.6 Å². The molecular weight excluding hydrogens is 288 g/mol. The zero-order valence-electron chi connectivity index (χ0n) is 11.7. The molecule has 0 atom stereocenters. The number of nitrogens with one attached hydrogen (secondary N) is 1. The third-order valence-electron chi connectivity index (χ3n) is 3.48. The molecule has 0 radical (unpaired) electrons. The van der Waals surface area contributed by atoms with Gasteiger partial charge in [-0.1, -0.05) is 23.5 Å². The van der Waals surface area contributed by atoms with Crippen LogP contribution in [0.25, 0.3) is 10.6 Å². The summed E-state index contributed by atoms with van der Waals surface area (Å²) in [6.07, 6.45) is 3.33. The second kappa shape index (κ2) is 5.87. The highest BCUT2D eigenvalue weighted by Crippen LogP contribution is 2.34. The van der Waals surface area contributed by atoms with Gasteiger partial charge in [-0.15, -0.1) is 10.2 Å². The number of nitro groups is 1. The van der Waals surface area contributed by atoms with E-state index in [1.807, 2.05) is 13.0 Å². The predicted molar refractivity (Wildman–Crippen MR) is 81.5 cm³/mol. The minimum atomic E-state index is -0.363. The van der Waals surface area contributed by atoms with E-state index in [-0.39, 0.29) is 10.6 Å². The van der Waals surface area contributed by atoms with Gasteiger partial charge in [0.2, 0.25) is 0 Å². The van der Waals surface area contributed by atoms with Gasteiger partial charge in [0.05, 0.1) is 10.5 Å². The summed E-state index contributed by atoms with van der Waals surface area (Å²) < 4.78 is 0. The fourth-order valence-electron chi connectivity index (χ4n) is 2.21. The maximum absolute atomic E-state index is 11.2. The molecule has 6 nitrogen and oxygen atoms in total. The van der Waals surface area contributed by atoms with E-state index in [0.717, 1.165) is 23.5 Å². The second-order valence-corrected chi connectivity index (χ2v) is 6.27. The van der Waals surface area contributed by atoms with Crippen LogP contribution in [-0.4, -0.2) is 27.7 Å². The molecule has 21 heavy (non-hydrogen) atoms. The van der Waals surface area contributed by atoms with Gasteiger partial charge in [-0.05, 0) is 25.3 Å². The zero-order chi connectivity index (χ0) is 14.8. The number of aromatic nitrogens is 2. The largest absolute Gasteiger partial charge is 0.314 e. The molecule has 1 saturated carbocycles. The lowest BCUT2D eigenvalue weighted by molar-refractivity contribution is -0.384. The van der Waals surface area contributed by atoms with E-state index in [9.17, 15) is 10.1 Å². The SMILES string of the molecule is Cc1cccc([N+](=O)[O-])c1-c1nnc(CCNC2CC2)s1. The molecule has 110 valence electrons. The minimum absolute atomic E-state index is 0.0915. The van der Waals surface area contributed by atoms with Gasteiger partial charge < -0.3 is 5.32 Å². The molecule has 1 aromatic heterocycles. The highest BCUT2D eigenvalue weighted by atomic mass is 32.1. The number of hydrogen-bond donors (Lipinski definition) is 1. The number of benzene rings is 1. The maximum atomic E-state index is 11.2. The Morgan fingerprint density at radius 1 is 1.43 bits per heavy atom. The Kier molecular flexibility index (Phi) is 3.94. The van der Waals surface area contributed by atoms with Crippen molar-refractivity contribution in [2.45, 2.75) is 32.2 Å². The van der Waals surface area contributed by atoms with Gasteiger partial charge in [0.15, 0.2) is 5.01 Å². The Bertz CT molecular complexity index is 667. The summed E-state index contributed by atoms with van der Waals surface area (Å²) in [5.41, 5.74) is 1.53. The molecule has 7 heteroatoms. The number of nitrogens with zero attached hydrogens (tertiary/aromatic N) is 3. The monoisotopic (exact) mass is 304 g/mol. The Hall–Kier alpha value is -1.86. The highest BCUT2D eigenvalue weighted by molar-refractivity contribution is 7.14. The quantitative estimate of drug-likeness (QED) is 0.655. The zero-order valence-corrected chi connectivity index (χ0v) is 12.5. The lowest BCUT2D eigenvalue weighted by Gasteiger charge is -2.02.